The molecule has 0 aliphatic rings. The Balaban J connectivity index is 3.83. The number of carbonyl (C=O) groups is 3. The Morgan fingerprint density at radius 3 is 0.862 bits per heavy atom. The molecule has 0 radical (unpaired) electrons. The minimum absolute atomic E-state index is 0.0676. The number of hydrogen-bond donors (Lipinski definition) is 0. The van der Waals surface area contributed by atoms with E-state index in [1.54, 1.807) is 0 Å². The van der Waals surface area contributed by atoms with Crippen molar-refractivity contribution in [3.8, 4) is 0 Å². The Bertz CT molecular complexity index is 1090. The Morgan fingerprint density at radius 1 is 0.308 bits per heavy atom. The van der Waals surface area contributed by atoms with Crippen LogP contribution in [0.15, 0.2) is 36.5 Å². The summed E-state index contributed by atoms with van der Waals surface area (Å²) in [6.07, 6.45) is 64.9. The second kappa shape index (κ2) is 54.2. The number of esters is 3. The molecule has 0 aliphatic heterocycles. The van der Waals surface area contributed by atoms with Gasteiger partial charge in [0.1, 0.15) is 13.2 Å². The van der Waals surface area contributed by atoms with Gasteiger partial charge in [-0.2, -0.15) is 0 Å². The number of ether oxygens (including phenoxy) is 3. The third-order valence-electron chi connectivity index (χ3n) is 12.6. The molecule has 380 valence electrons. The average molecular weight is 914 g/mol. The highest BCUT2D eigenvalue weighted by atomic mass is 16.6. The molecule has 0 bridgehead atoms. The van der Waals surface area contributed by atoms with E-state index in [9.17, 15) is 14.4 Å². The molecular weight excluding hydrogens is 805 g/mol. The average Bonchev–Trinajstić information content (AvgIpc) is 3.30. The maximum atomic E-state index is 12.6. The first-order valence-corrected chi connectivity index (χ1v) is 28.5. The molecule has 0 N–H and O–H groups in total. The molecule has 0 aliphatic carbocycles. The van der Waals surface area contributed by atoms with Crippen LogP contribution >= 0.6 is 0 Å². The molecule has 1 unspecified atom stereocenters. The van der Waals surface area contributed by atoms with Gasteiger partial charge >= 0.3 is 17.9 Å². The van der Waals surface area contributed by atoms with Crippen LogP contribution in [0.5, 0.6) is 0 Å². The number of hydrogen-bond acceptors (Lipinski definition) is 6. The van der Waals surface area contributed by atoms with Crippen molar-refractivity contribution in [3.63, 3.8) is 0 Å². The Kier molecular flexibility index (Phi) is 52.3. The lowest BCUT2D eigenvalue weighted by molar-refractivity contribution is -0.167. The van der Waals surface area contributed by atoms with Gasteiger partial charge in [-0.15, -0.1) is 0 Å². The van der Waals surface area contributed by atoms with E-state index in [2.05, 4.69) is 57.2 Å². The first-order valence-electron chi connectivity index (χ1n) is 28.5. The number of carbonyl (C=O) groups excluding carboxylic acids is 3. The van der Waals surface area contributed by atoms with Crippen LogP contribution in [0.1, 0.15) is 303 Å². The summed E-state index contributed by atoms with van der Waals surface area (Å²) in [7, 11) is 0. The van der Waals surface area contributed by atoms with E-state index in [-0.39, 0.29) is 31.1 Å². The standard InChI is InChI=1S/C59H108O6/c1-4-7-10-13-16-18-19-20-21-22-23-24-25-26-27-28-29-30-31-32-33-34-35-36-37-38-39-40-41-42-44-46-49-52-58(61)64-55-56(54-63-57(60)51-48-45-15-12-9-6-3)65-59(62)53-50-47-43-17-14-11-8-5-2/h19-20,22-23,25-26,56H,4-18,21,24,27-55H2,1-3H3/b20-19-,23-22-,26-25-. The van der Waals surface area contributed by atoms with Crippen molar-refractivity contribution in [2.45, 2.75) is 309 Å². The van der Waals surface area contributed by atoms with E-state index >= 15 is 0 Å². The summed E-state index contributed by atoms with van der Waals surface area (Å²) in [6, 6.07) is 0. The minimum Gasteiger partial charge on any atom is -0.462 e. The predicted octanol–water partition coefficient (Wildman–Crippen LogP) is 18.9. The number of allylic oxidation sites excluding steroid dienone is 6. The van der Waals surface area contributed by atoms with E-state index in [1.807, 2.05) is 0 Å². The van der Waals surface area contributed by atoms with Crippen LogP contribution in [0, 0.1) is 0 Å². The second-order valence-electron chi connectivity index (χ2n) is 19.2. The lowest BCUT2D eigenvalue weighted by atomic mass is 10.0. The predicted molar refractivity (Wildman–Crippen MR) is 279 cm³/mol. The molecule has 0 fully saturated rings. The van der Waals surface area contributed by atoms with Gasteiger partial charge in [-0.3, -0.25) is 14.4 Å². The Morgan fingerprint density at radius 2 is 0.554 bits per heavy atom. The molecule has 0 heterocycles. The highest BCUT2D eigenvalue weighted by molar-refractivity contribution is 5.71. The summed E-state index contributed by atoms with van der Waals surface area (Å²) < 4.78 is 16.6. The van der Waals surface area contributed by atoms with Crippen molar-refractivity contribution < 1.29 is 28.6 Å². The van der Waals surface area contributed by atoms with Gasteiger partial charge in [0, 0.05) is 19.3 Å². The van der Waals surface area contributed by atoms with Crippen molar-refractivity contribution in [1.29, 1.82) is 0 Å². The minimum atomic E-state index is -0.761. The van der Waals surface area contributed by atoms with Gasteiger partial charge in [0.15, 0.2) is 6.10 Å². The topological polar surface area (TPSA) is 78.9 Å². The van der Waals surface area contributed by atoms with Crippen LogP contribution in [-0.2, 0) is 28.6 Å². The normalized spacial score (nSPS) is 12.2. The quantitative estimate of drug-likeness (QED) is 0.0262. The van der Waals surface area contributed by atoms with Crippen molar-refractivity contribution in [2.75, 3.05) is 13.2 Å². The first-order chi connectivity index (χ1) is 32.0. The van der Waals surface area contributed by atoms with Gasteiger partial charge in [-0.1, -0.05) is 263 Å². The van der Waals surface area contributed by atoms with Crippen LogP contribution < -0.4 is 0 Å². The monoisotopic (exact) mass is 913 g/mol. The van der Waals surface area contributed by atoms with Crippen LogP contribution in [0.3, 0.4) is 0 Å². The molecule has 6 heteroatoms. The van der Waals surface area contributed by atoms with E-state index in [4.69, 9.17) is 14.2 Å². The van der Waals surface area contributed by atoms with E-state index in [0.717, 1.165) is 70.6 Å². The molecule has 0 spiro atoms. The summed E-state index contributed by atoms with van der Waals surface area (Å²) in [6.45, 7) is 6.56. The van der Waals surface area contributed by atoms with Crippen molar-refractivity contribution >= 4 is 17.9 Å². The third-order valence-corrected chi connectivity index (χ3v) is 12.6. The third kappa shape index (κ3) is 52.5. The van der Waals surface area contributed by atoms with Gasteiger partial charge in [-0.05, 0) is 57.8 Å². The van der Waals surface area contributed by atoms with Crippen LogP contribution in [0.2, 0.25) is 0 Å². The van der Waals surface area contributed by atoms with Crippen molar-refractivity contribution in [3.05, 3.63) is 36.5 Å². The molecule has 0 aromatic carbocycles. The van der Waals surface area contributed by atoms with Gasteiger partial charge in [0.2, 0.25) is 0 Å². The molecular formula is C59H108O6. The largest absolute Gasteiger partial charge is 0.462 e. The molecule has 0 amide bonds. The molecule has 6 nitrogen and oxygen atoms in total. The van der Waals surface area contributed by atoms with Crippen molar-refractivity contribution in [1.82, 2.24) is 0 Å². The number of rotatable bonds is 52. The van der Waals surface area contributed by atoms with E-state index in [0.29, 0.717) is 19.3 Å². The highest BCUT2D eigenvalue weighted by Gasteiger charge is 2.19. The fourth-order valence-corrected chi connectivity index (χ4v) is 8.33. The first kappa shape index (κ1) is 62.6. The lowest BCUT2D eigenvalue weighted by Crippen LogP contribution is -2.30. The Hall–Kier alpha value is -2.37. The zero-order chi connectivity index (χ0) is 47.2. The van der Waals surface area contributed by atoms with E-state index < -0.39 is 6.10 Å². The molecule has 65 heavy (non-hydrogen) atoms. The van der Waals surface area contributed by atoms with Crippen LogP contribution in [0.25, 0.3) is 0 Å². The Labute approximate surface area is 404 Å². The maximum absolute atomic E-state index is 12.6. The highest BCUT2D eigenvalue weighted by Crippen LogP contribution is 2.16. The summed E-state index contributed by atoms with van der Waals surface area (Å²) in [5.74, 6) is -0.871. The van der Waals surface area contributed by atoms with Gasteiger partial charge in [-0.25, -0.2) is 0 Å². The smallest absolute Gasteiger partial charge is 0.306 e. The molecule has 0 saturated carbocycles. The van der Waals surface area contributed by atoms with Gasteiger partial charge in [0.05, 0.1) is 0 Å². The summed E-state index contributed by atoms with van der Waals surface area (Å²) in [5.41, 5.74) is 0. The number of unbranched alkanes of at least 4 members (excludes halogenated alkanes) is 35. The van der Waals surface area contributed by atoms with E-state index in [1.165, 1.54) is 193 Å². The molecule has 0 aromatic heterocycles. The van der Waals surface area contributed by atoms with Crippen LogP contribution in [-0.4, -0.2) is 37.2 Å². The maximum Gasteiger partial charge on any atom is 0.306 e. The summed E-state index contributed by atoms with van der Waals surface area (Å²) >= 11 is 0. The van der Waals surface area contributed by atoms with Crippen molar-refractivity contribution in [2.24, 2.45) is 0 Å². The summed E-state index contributed by atoms with van der Waals surface area (Å²) in [4.78, 5) is 37.6. The van der Waals surface area contributed by atoms with Gasteiger partial charge in [0.25, 0.3) is 0 Å². The van der Waals surface area contributed by atoms with Gasteiger partial charge < -0.3 is 14.2 Å². The lowest BCUT2D eigenvalue weighted by Gasteiger charge is -2.18. The summed E-state index contributed by atoms with van der Waals surface area (Å²) in [5, 5.41) is 0. The molecule has 0 saturated heterocycles. The zero-order valence-electron chi connectivity index (χ0n) is 43.5. The van der Waals surface area contributed by atoms with Crippen LogP contribution in [0.4, 0.5) is 0 Å². The fourth-order valence-electron chi connectivity index (χ4n) is 8.33. The SMILES string of the molecule is CCCCCCC/C=C\C/C=C\C/C=C\CCCCCCCCCCCCCCCCCCCCC(=O)OCC(COC(=O)CCCCCCCC)OC(=O)CCCCCCCCCC. The molecule has 0 aromatic rings. The second-order valence-corrected chi connectivity index (χ2v) is 19.2. The zero-order valence-corrected chi connectivity index (χ0v) is 43.5. The fraction of sp³-hybridized carbons (Fsp3) is 0.847. The molecule has 1 atom stereocenters. The molecule has 0 rings (SSSR count).